The van der Waals surface area contributed by atoms with Crippen LogP contribution in [-0.2, 0) is 16.6 Å². The number of hydrogen-bond acceptors (Lipinski definition) is 7. The number of aliphatic hydroxyl groups is 4. The quantitative estimate of drug-likeness (QED) is 0.0404. The number of carbonyl (C=O) groups is 1. The van der Waals surface area contributed by atoms with E-state index in [0.717, 1.165) is 93.8 Å². The molecule has 0 bridgehead atoms. The number of carboxylic acids is 1. The van der Waals surface area contributed by atoms with Gasteiger partial charge >= 0.3 is 5.97 Å². The van der Waals surface area contributed by atoms with Gasteiger partial charge in [0.15, 0.2) is 0 Å². The number of allylic oxidation sites excluding steroid dienone is 2. The van der Waals surface area contributed by atoms with Gasteiger partial charge in [0, 0.05) is 24.4 Å². The summed E-state index contributed by atoms with van der Waals surface area (Å²) in [5, 5.41) is 67.4. The summed E-state index contributed by atoms with van der Waals surface area (Å²) >= 11 is 0. The predicted molar refractivity (Wildman–Crippen MR) is 209 cm³/mol. The number of unbranched alkanes of at least 4 members (excludes halogenated alkanes) is 5. The molecule has 3 rings (SSSR count). The molecule has 8 heteroatoms. The van der Waals surface area contributed by atoms with Gasteiger partial charge in [0.2, 0.25) is 0 Å². The number of hydrogen-bond donors (Lipinski definition) is 7. The number of carboxylic acid groups (broad SMARTS) is 1. The van der Waals surface area contributed by atoms with E-state index in [1.54, 1.807) is 12.1 Å². The van der Waals surface area contributed by atoms with Crippen LogP contribution in [0.1, 0.15) is 134 Å². The van der Waals surface area contributed by atoms with Crippen LogP contribution in [0.3, 0.4) is 0 Å². The molecule has 0 aromatic heterocycles. The number of aliphatic hydroxyl groups excluding tert-OH is 3. The summed E-state index contributed by atoms with van der Waals surface area (Å²) in [6, 6.07) is 17.2. The number of aryl methyl sites for hydroxylation is 1. The van der Waals surface area contributed by atoms with Crippen LogP contribution in [0, 0.1) is 0 Å². The summed E-state index contributed by atoms with van der Waals surface area (Å²) in [6.45, 7) is 3.95. The van der Waals surface area contributed by atoms with Crippen molar-refractivity contribution in [3.63, 3.8) is 0 Å². The van der Waals surface area contributed by atoms with E-state index in [1.165, 1.54) is 5.56 Å². The number of aromatic hydroxyl groups is 1. The van der Waals surface area contributed by atoms with Crippen molar-refractivity contribution in [2.45, 2.75) is 159 Å². The third-order valence-electron chi connectivity index (χ3n) is 11.1. The lowest BCUT2D eigenvalue weighted by Gasteiger charge is -2.49. The Labute approximate surface area is 312 Å². The first-order valence-electron chi connectivity index (χ1n) is 19.9. The molecule has 0 saturated heterocycles. The maximum Gasteiger partial charge on any atom is 0.303 e. The fourth-order valence-corrected chi connectivity index (χ4v) is 7.96. The fourth-order valence-electron chi connectivity index (χ4n) is 7.96. The Morgan fingerprint density at radius 1 is 0.904 bits per heavy atom. The predicted octanol–water partition coefficient (Wildman–Crippen LogP) is 7.90. The molecule has 0 radical (unpaired) electrons. The van der Waals surface area contributed by atoms with E-state index < -0.39 is 29.2 Å². The van der Waals surface area contributed by atoms with E-state index in [1.807, 2.05) is 49.4 Å². The molecule has 2 aromatic rings. The van der Waals surface area contributed by atoms with Gasteiger partial charge in [0.1, 0.15) is 5.75 Å². The maximum atomic E-state index is 12.5. The van der Waals surface area contributed by atoms with E-state index in [9.17, 15) is 30.3 Å². The van der Waals surface area contributed by atoms with Crippen molar-refractivity contribution in [3.8, 4) is 5.75 Å². The molecule has 0 amide bonds. The van der Waals surface area contributed by atoms with Crippen molar-refractivity contribution >= 4 is 5.97 Å². The first-order valence-corrected chi connectivity index (χ1v) is 19.9. The summed E-state index contributed by atoms with van der Waals surface area (Å²) in [4.78, 5) is 11.1. The number of phenols is 1. The highest BCUT2D eigenvalue weighted by atomic mass is 16.4. The molecule has 1 fully saturated rings. The molecule has 1 aliphatic carbocycles. The van der Waals surface area contributed by atoms with Crippen LogP contribution < -0.4 is 5.32 Å². The van der Waals surface area contributed by atoms with Crippen molar-refractivity contribution in [2.24, 2.45) is 0 Å². The maximum absolute atomic E-state index is 12.5. The molecule has 2 aromatic carbocycles. The first kappa shape index (κ1) is 43.4. The van der Waals surface area contributed by atoms with E-state index in [0.29, 0.717) is 25.7 Å². The van der Waals surface area contributed by atoms with Crippen LogP contribution in [0.15, 0.2) is 77.9 Å². The largest absolute Gasteiger partial charge is 0.508 e. The Balaban J connectivity index is 2.03. The van der Waals surface area contributed by atoms with E-state index in [-0.39, 0.29) is 37.8 Å². The second-order valence-corrected chi connectivity index (χ2v) is 15.2. The molecule has 7 N–H and O–H groups in total. The van der Waals surface area contributed by atoms with Crippen molar-refractivity contribution in [1.29, 1.82) is 0 Å². The van der Waals surface area contributed by atoms with Gasteiger partial charge in [0.25, 0.3) is 0 Å². The summed E-state index contributed by atoms with van der Waals surface area (Å²) in [7, 11) is 0. The highest BCUT2D eigenvalue weighted by Gasteiger charge is 2.48. The third-order valence-corrected chi connectivity index (χ3v) is 11.1. The Morgan fingerprint density at radius 2 is 1.58 bits per heavy atom. The van der Waals surface area contributed by atoms with Gasteiger partial charge in [-0.25, -0.2) is 0 Å². The van der Waals surface area contributed by atoms with E-state index in [4.69, 9.17) is 5.11 Å². The van der Waals surface area contributed by atoms with E-state index in [2.05, 4.69) is 24.4 Å². The van der Waals surface area contributed by atoms with Crippen molar-refractivity contribution in [3.05, 3.63) is 89.0 Å². The minimum Gasteiger partial charge on any atom is -0.508 e. The highest BCUT2D eigenvalue weighted by Crippen LogP contribution is 2.47. The van der Waals surface area contributed by atoms with Crippen LogP contribution in [0.2, 0.25) is 0 Å². The van der Waals surface area contributed by atoms with Crippen LogP contribution in [0.4, 0.5) is 0 Å². The topological polar surface area (TPSA) is 150 Å². The fraction of sp³-hybridized carbons (Fsp3) is 0.614. The SMILES string of the molecule is CCCCC[C@H](O)C=CC(CCc1ccccc1)=C(C[C@H](O)CO)[C@H](CCCCCCC(=O)O)NC[C@@](C)(O)C1(c2ccc(O)cc2)CCCCC1. The number of rotatable bonds is 25. The molecule has 1 saturated carbocycles. The number of benzene rings is 2. The average molecular weight is 722 g/mol. The Kier molecular flexibility index (Phi) is 19.1. The molecule has 0 unspecified atom stereocenters. The molecule has 0 spiro atoms. The lowest BCUT2D eigenvalue weighted by Crippen LogP contribution is -2.57. The van der Waals surface area contributed by atoms with Gasteiger partial charge in [-0.1, -0.05) is 119 Å². The van der Waals surface area contributed by atoms with Gasteiger partial charge in [-0.05, 0) is 92.7 Å². The summed E-state index contributed by atoms with van der Waals surface area (Å²) in [5.74, 6) is -0.596. The smallest absolute Gasteiger partial charge is 0.303 e. The number of phenolic OH excluding ortho intramolecular Hbond substituents is 1. The lowest BCUT2D eigenvalue weighted by molar-refractivity contribution is -0.137. The van der Waals surface area contributed by atoms with Crippen LogP contribution in [0.25, 0.3) is 0 Å². The molecule has 0 heterocycles. The second-order valence-electron chi connectivity index (χ2n) is 15.2. The molecule has 1 aliphatic rings. The van der Waals surface area contributed by atoms with Gasteiger partial charge in [-0.15, -0.1) is 0 Å². The normalized spacial score (nSPS) is 18.0. The zero-order valence-corrected chi connectivity index (χ0v) is 31.8. The number of aliphatic carboxylic acids is 1. The van der Waals surface area contributed by atoms with Gasteiger partial charge in [-0.2, -0.15) is 0 Å². The molecule has 8 nitrogen and oxygen atoms in total. The summed E-state index contributed by atoms with van der Waals surface area (Å²) in [5.41, 5.74) is 2.48. The third kappa shape index (κ3) is 14.1. The van der Waals surface area contributed by atoms with Crippen LogP contribution in [-0.4, -0.2) is 73.6 Å². The average Bonchev–Trinajstić information content (AvgIpc) is 3.14. The molecule has 0 aliphatic heterocycles. The first-order chi connectivity index (χ1) is 25.0. The molecular formula is C44H67NO7. The molecule has 52 heavy (non-hydrogen) atoms. The van der Waals surface area contributed by atoms with Gasteiger partial charge in [-0.3, -0.25) is 4.79 Å². The van der Waals surface area contributed by atoms with Gasteiger partial charge in [0.05, 0.1) is 24.4 Å². The minimum atomic E-state index is -1.15. The van der Waals surface area contributed by atoms with Crippen LogP contribution in [0.5, 0.6) is 5.75 Å². The van der Waals surface area contributed by atoms with Crippen molar-refractivity contribution < 1.29 is 35.4 Å². The van der Waals surface area contributed by atoms with Crippen molar-refractivity contribution in [2.75, 3.05) is 13.2 Å². The summed E-state index contributed by atoms with van der Waals surface area (Å²) < 4.78 is 0. The Bertz CT molecular complexity index is 1350. The standard InChI is InChI=1S/C44H67NO7/c1-3-4-9-18-37(47)26-23-35(22-21-34-16-10-7-11-17-34)40(31-39(49)32-46)41(19-12-5-6-13-20-42(50)51)45-33-43(2,52)44(29-14-8-15-30-44)36-24-27-38(48)28-25-36/h7,10-11,16-17,23-28,37,39,41,45-49,52H,3-6,8-9,12-15,18-22,29-33H2,1-2H3,(H,50,51)/t37-,39-,41-,43+/m0/s1. The van der Waals surface area contributed by atoms with Gasteiger partial charge < -0.3 is 36.0 Å². The molecule has 290 valence electrons. The Morgan fingerprint density at radius 3 is 2.23 bits per heavy atom. The number of nitrogens with one attached hydrogen (secondary N) is 1. The lowest BCUT2D eigenvalue weighted by atomic mass is 9.60. The van der Waals surface area contributed by atoms with Crippen LogP contribution >= 0.6 is 0 Å². The highest BCUT2D eigenvalue weighted by molar-refractivity contribution is 5.66. The van der Waals surface area contributed by atoms with E-state index >= 15 is 0 Å². The molecule has 4 atom stereocenters. The monoisotopic (exact) mass is 721 g/mol. The zero-order chi connectivity index (χ0) is 37.8. The summed E-state index contributed by atoms with van der Waals surface area (Å²) in [6.07, 6.45) is 16.4. The Hall–Kier alpha value is -3.01. The minimum absolute atomic E-state index is 0.146. The van der Waals surface area contributed by atoms with Crippen molar-refractivity contribution in [1.82, 2.24) is 5.32 Å². The zero-order valence-electron chi connectivity index (χ0n) is 31.8. The molecular weight excluding hydrogens is 654 g/mol. The second kappa shape index (κ2) is 22.9.